The van der Waals surface area contributed by atoms with Crippen molar-refractivity contribution in [2.45, 2.75) is 26.1 Å². The number of nitrogens with one attached hydrogen (secondary N) is 1. The molecule has 0 bridgehead atoms. The number of halogens is 1. The molecule has 1 amide bonds. The van der Waals surface area contributed by atoms with Gasteiger partial charge >= 0.3 is 5.97 Å². The van der Waals surface area contributed by atoms with Crippen molar-refractivity contribution >= 4 is 33.5 Å². The van der Waals surface area contributed by atoms with Gasteiger partial charge in [-0.1, -0.05) is 15.9 Å². The Hall–Kier alpha value is -2.54. The molecule has 0 heterocycles. The van der Waals surface area contributed by atoms with Crippen molar-refractivity contribution in [3.8, 4) is 11.5 Å². The van der Waals surface area contributed by atoms with Crippen LogP contribution in [0.2, 0.25) is 0 Å². The van der Waals surface area contributed by atoms with Crippen LogP contribution in [-0.2, 0) is 14.3 Å². The molecule has 0 saturated heterocycles. The molecule has 2 unspecified atom stereocenters. The summed E-state index contributed by atoms with van der Waals surface area (Å²) in [6.45, 7) is 3.07. The largest absolute Gasteiger partial charge is 0.497 e. The van der Waals surface area contributed by atoms with E-state index in [1.165, 1.54) is 6.92 Å². The average molecular weight is 422 g/mol. The highest BCUT2D eigenvalue weighted by Crippen LogP contribution is 2.19. The molecule has 2 atom stereocenters. The third-order valence-electron chi connectivity index (χ3n) is 3.48. The number of esters is 1. The fraction of sp³-hybridized carbons (Fsp3) is 0.263. The number of anilines is 1. The van der Waals surface area contributed by atoms with Gasteiger partial charge in [0, 0.05) is 10.2 Å². The maximum absolute atomic E-state index is 12.1. The lowest BCUT2D eigenvalue weighted by molar-refractivity contribution is -0.159. The van der Waals surface area contributed by atoms with E-state index in [9.17, 15) is 9.59 Å². The smallest absolute Gasteiger partial charge is 0.347 e. The van der Waals surface area contributed by atoms with E-state index in [1.54, 1.807) is 62.6 Å². The number of hydrogen-bond donors (Lipinski definition) is 1. The van der Waals surface area contributed by atoms with Crippen molar-refractivity contribution in [3.63, 3.8) is 0 Å². The Kier molecular flexibility index (Phi) is 7.03. The van der Waals surface area contributed by atoms with Crippen LogP contribution in [0.1, 0.15) is 13.8 Å². The molecule has 6 nitrogen and oxygen atoms in total. The van der Waals surface area contributed by atoms with Gasteiger partial charge in [-0.05, 0) is 62.4 Å². The molecule has 26 heavy (non-hydrogen) atoms. The molecule has 0 aliphatic heterocycles. The zero-order valence-corrected chi connectivity index (χ0v) is 16.3. The Balaban J connectivity index is 1.86. The van der Waals surface area contributed by atoms with Crippen LogP contribution >= 0.6 is 15.9 Å². The van der Waals surface area contributed by atoms with Crippen LogP contribution in [0.5, 0.6) is 11.5 Å². The first kappa shape index (κ1) is 19.8. The lowest BCUT2D eigenvalue weighted by atomic mass is 10.3. The molecular weight excluding hydrogens is 402 g/mol. The zero-order chi connectivity index (χ0) is 19.1. The molecule has 0 aliphatic carbocycles. The second kappa shape index (κ2) is 9.24. The molecule has 2 aromatic carbocycles. The topological polar surface area (TPSA) is 73.9 Å². The molecule has 138 valence electrons. The number of carbonyl (C=O) groups is 2. The molecule has 0 aromatic heterocycles. The van der Waals surface area contributed by atoms with Crippen molar-refractivity contribution in [1.82, 2.24) is 0 Å². The highest BCUT2D eigenvalue weighted by molar-refractivity contribution is 9.10. The highest BCUT2D eigenvalue weighted by Gasteiger charge is 2.23. The molecular formula is C19H20BrNO5. The fourth-order valence-electron chi connectivity index (χ4n) is 2.01. The van der Waals surface area contributed by atoms with Crippen LogP contribution in [0.15, 0.2) is 53.0 Å². The number of ether oxygens (including phenoxy) is 3. The SMILES string of the molecule is COc1ccc(OC(C)C(=O)OC(C)C(=O)Nc2ccc(Br)cc2)cc1. The maximum Gasteiger partial charge on any atom is 0.347 e. The van der Waals surface area contributed by atoms with Gasteiger partial charge < -0.3 is 19.5 Å². The van der Waals surface area contributed by atoms with Gasteiger partial charge in [-0.25, -0.2) is 4.79 Å². The molecule has 7 heteroatoms. The van der Waals surface area contributed by atoms with Gasteiger partial charge in [-0.2, -0.15) is 0 Å². The summed E-state index contributed by atoms with van der Waals surface area (Å²) >= 11 is 3.32. The summed E-state index contributed by atoms with van der Waals surface area (Å²) in [4.78, 5) is 24.3. The molecule has 0 aliphatic rings. The lowest BCUT2D eigenvalue weighted by Crippen LogP contribution is -2.35. The van der Waals surface area contributed by atoms with Gasteiger partial charge in [-0.15, -0.1) is 0 Å². The van der Waals surface area contributed by atoms with E-state index < -0.39 is 24.1 Å². The molecule has 0 radical (unpaired) electrons. The summed E-state index contributed by atoms with van der Waals surface area (Å²) in [5.41, 5.74) is 0.614. The van der Waals surface area contributed by atoms with Gasteiger partial charge in [-0.3, -0.25) is 4.79 Å². The molecule has 2 rings (SSSR count). The van der Waals surface area contributed by atoms with Gasteiger partial charge in [0.1, 0.15) is 11.5 Å². The van der Waals surface area contributed by atoms with E-state index in [-0.39, 0.29) is 0 Å². The van der Waals surface area contributed by atoms with Crippen molar-refractivity contribution in [3.05, 3.63) is 53.0 Å². The normalized spacial score (nSPS) is 12.6. The second-order valence-corrected chi connectivity index (χ2v) is 6.43. The van der Waals surface area contributed by atoms with E-state index in [0.717, 1.165) is 4.47 Å². The molecule has 0 fully saturated rings. The van der Waals surface area contributed by atoms with Crippen molar-refractivity contribution in [2.24, 2.45) is 0 Å². The van der Waals surface area contributed by atoms with Crippen molar-refractivity contribution in [2.75, 3.05) is 12.4 Å². The number of amides is 1. The van der Waals surface area contributed by atoms with Crippen LogP contribution in [0.4, 0.5) is 5.69 Å². The first-order valence-electron chi connectivity index (χ1n) is 7.96. The molecule has 0 saturated carbocycles. The van der Waals surface area contributed by atoms with E-state index in [1.807, 2.05) is 0 Å². The summed E-state index contributed by atoms with van der Waals surface area (Å²) in [6, 6.07) is 13.9. The van der Waals surface area contributed by atoms with Crippen molar-refractivity contribution in [1.29, 1.82) is 0 Å². The van der Waals surface area contributed by atoms with Crippen LogP contribution in [-0.4, -0.2) is 31.2 Å². The van der Waals surface area contributed by atoms with Crippen molar-refractivity contribution < 1.29 is 23.8 Å². The first-order chi connectivity index (χ1) is 12.4. The Morgan fingerprint density at radius 2 is 1.50 bits per heavy atom. The fourth-order valence-corrected chi connectivity index (χ4v) is 2.27. The first-order valence-corrected chi connectivity index (χ1v) is 8.76. The second-order valence-electron chi connectivity index (χ2n) is 5.51. The summed E-state index contributed by atoms with van der Waals surface area (Å²) in [7, 11) is 1.57. The standard InChI is InChI=1S/C19H20BrNO5/c1-12(18(22)21-15-6-4-14(20)5-7-15)26-19(23)13(2)25-17-10-8-16(24-3)9-11-17/h4-13H,1-3H3,(H,21,22). The van der Waals surface area contributed by atoms with E-state index in [4.69, 9.17) is 14.2 Å². The summed E-state index contributed by atoms with van der Waals surface area (Å²) in [5.74, 6) is 0.143. The van der Waals surface area contributed by atoms with Crippen LogP contribution in [0, 0.1) is 0 Å². The minimum Gasteiger partial charge on any atom is -0.497 e. The Bertz CT molecular complexity index is 746. The number of methoxy groups -OCH3 is 1. The number of rotatable bonds is 7. The van der Waals surface area contributed by atoms with Crippen LogP contribution in [0.3, 0.4) is 0 Å². The Morgan fingerprint density at radius 3 is 2.08 bits per heavy atom. The Labute approximate surface area is 160 Å². The van der Waals surface area contributed by atoms with Gasteiger partial charge in [0.2, 0.25) is 0 Å². The van der Waals surface area contributed by atoms with E-state index in [0.29, 0.717) is 17.2 Å². The number of benzene rings is 2. The van der Waals surface area contributed by atoms with Crippen LogP contribution < -0.4 is 14.8 Å². The number of hydrogen-bond acceptors (Lipinski definition) is 5. The number of carbonyl (C=O) groups excluding carboxylic acids is 2. The quantitative estimate of drug-likeness (QED) is 0.688. The minimum absolute atomic E-state index is 0.419. The van der Waals surface area contributed by atoms with E-state index >= 15 is 0 Å². The molecule has 2 aromatic rings. The van der Waals surface area contributed by atoms with Gasteiger partial charge in [0.05, 0.1) is 7.11 Å². The predicted molar refractivity (Wildman–Crippen MR) is 101 cm³/mol. The summed E-state index contributed by atoms with van der Waals surface area (Å²) in [6.07, 6.45) is -1.81. The predicted octanol–water partition coefficient (Wildman–Crippen LogP) is 3.80. The Morgan fingerprint density at radius 1 is 0.923 bits per heavy atom. The zero-order valence-electron chi connectivity index (χ0n) is 14.7. The maximum atomic E-state index is 12.1. The summed E-state index contributed by atoms with van der Waals surface area (Å²) in [5, 5.41) is 2.68. The average Bonchev–Trinajstić information content (AvgIpc) is 2.64. The third kappa shape index (κ3) is 5.77. The lowest BCUT2D eigenvalue weighted by Gasteiger charge is -2.18. The van der Waals surface area contributed by atoms with E-state index in [2.05, 4.69) is 21.2 Å². The minimum atomic E-state index is -0.951. The molecule has 0 spiro atoms. The highest BCUT2D eigenvalue weighted by atomic mass is 79.9. The van der Waals surface area contributed by atoms with Crippen LogP contribution in [0.25, 0.3) is 0 Å². The van der Waals surface area contributed by atoms with Gasteiger partial charge in [0.15, 0.2) is 12.2 Å². The summed E-state index contributed by atoms with van der Waals surface area (Å²) < 4.78 is 16.7. The van der Waals surface area contributed by atoms with Gasteiger partial charge in [0.25, 0.3) is 5.91 Å². The molecule has 1 N–H and O–H groups in total. The third-order valence-corrected chi connectivity index (χ3v) is 4.01. The monoisotopic (exact) mass is 421 g/mol.